The summed E-state index contributed by atoms with van der Waals surface area (Å²) in [4.78, 5) is 0. The quantitative estimate of drug-likeness (QED) is 0.130. The van der Waals surface area contributed by atoms with Crippen LogP contribution in [0.2, 0.25) is 0 Å². The highest BCUT2D eigenvalue weighted by Crippen LogP contribution is 2.46. The van der Waals surface area contributed by atoms with Crippen molar-refractivity contribution in [2.75, 3.05) is 10.6 Å². The summed E-state index contributed by atoms with van der Waals surface area (Å²) in [5.41, 5.74) is 22.5. The average Bonchev–Trinajstić information content (AvgIpc) is 3.84. The predicted octanol–water partition coefficient (Wildman–Crippen LogP) is 11.5. The lowest BCUT2D eigenvalue weighted by molar-refractivity contribution is 0.464. The van der Waals surface area contributed by atoms with Crippen molar-refractivity contribution in [3.05, 3.63) is 147 Å². The number of rotatable bonds is 4. The molecular formula is C62H58B3NO3S3. The molecule has 0 N–H and O–H groups in total. The van der Waals surface area contributed by atoms with Crippen LogP contribution in [0.5, 0.6) is 34.5 Å². The lowest BCUT2D eigenvalue weighted by atomic mass is 9.31. The summed E-state index contributed by atoms with van der Waals surface area (Å²) in [5, 5.41) is 2.55. The van der Waals surface area contributed by atoms with E-state index in [0.717, 1.165) is 51.2 Å². The third-order valence-corrected chi connectivity index (χ3v) is 19.4. The first-order valence-corrected chi connectivity index (χ1v) is 28.2. The zero-order valence-corrected chi connectivity index (χ0v) is 46.3. The highest BCUT2D eigenvalue weighted by atomic mass is 32.2. The van der Waals surface area contributed by atoms with Crippen molar-refractivity contribution in [2.24, 2.45) is 0 Å². The molecule has 6 heterocycles. The van der Waals surface area contributed by atoms with Gasteiger partial charge in [-0.2, -0.15) is 0 Å². The van der Waals surface area contributed by atoms with Gasteiger partial charge in [-0.15, -0.1) is 22.7 Å². The van der Waals surface area contributed by atoms with Crippen molar-refractivity contribution in [2.45, 2.75) is 101 Å². The third kappa shape index (κ3) is 6.80. The Morgan fingerprint density at radius 2 is 1.08 bits per heavy atom. The number of nitrogens with zero attached hydrogens (tertiary/aromatic N) is 1. The molecule has 0 spiro atoms. The van der Waals surface area contributed by atoms with E-state index in [1.807, 2.05) is 22.7 Å². The van der Waals surface area contributed by atoms with Gasteiger partial charge in [0.15, 0.2) is 0 Å². The average molecular weight is 994 g/mol. The van der Waals surface area contributed by atoms with E-state index in [2.05, 4.69) is 198 Å². The Labute approximate surface area is 438 Å². The van der Waals surface area contributed by atoms with Gasteiger partial charge in [-0.1, -0.05) is 111 Å². The van der Waals surface area contributed by atoms with Crippen LogP contribution in [0.3, 0.4) is 0 Å². The maximum Gasteiger partial charge on any atom is 0.268 e. The largest absolute Gasteiger partial charge is 0.458 e. The minimum atomic E-state index is -0.135. The highest BCUT2D eigenvalue weighted by molar-refractivity contribution is 8.00. The maximum absolute atomic E-state index is 7.19. The van der Waals surface area contributed by atoms with Gasteiger partial charge in [0.25, 0.3) is 20.1 Å². The first-order valence-electron chi connectivity index (χ1n) is 25.4. The third-order valence-electron chi connectivity index (χ3n) is 16.1. The first-order chi connectivity index (χ1) is 34.2. The van der Waals surface area contributed by atoms with Gasteiger partial charge < -0.3 is 14.2 Å². The molecule has 2 aromatic heterocycles. The maximum atomic E-state index is 7.19. The molecule has 4 aliphatic rings. The van der Waals surface area contributed by atoms with Crippen molar-refractivity contribution >= 4 is 134 Å². The van der Waals surface area contributed by atoms with E-state index in [0.29, 0.717) is 0 Å². The van der Waals surface area contributed by atoms with Crippen LogP contribution < -0.4 is 66.3 Å². The highest BCUT2D eigenvalue weighted by Gasteiger charge is 2.48. The minimum Gasteiger partial charge on any atom is -0.458 e. The van der Waals surface area contributed by atoms with Gasteiger partial charge in [0, 0.05) is 37.3 Å². The summed E-state index contributed by atoms with van der Waals surface area (Å²) in [6.45, 7) is 29.5. The summed E-state index contributed by atoms with van der Waals surface area (Å²) in [6, 6.07) is 37.6. The molecule has 0 saturated carbocycles. The van der Waals surface area contributed by atoms with Crippen molar-refractivity contribution in [1.82, 2.24) is 0 Å². The number of hydrogen-bond acceptors (Lipinski definition) is 7. The lowest BCUT2D eigenvalue weighted by Crippen LogP contribution is -2.63. The summed E-state index contributed by atoms with van der Waals surface area (Å²) in [7, 11) is 0. The Kier molecular flexibility index (Phi) is 10.1. The van der Waals surface area contributed by atoms with Crippen LogP contribution in [0.1, 0.15) is 91.6 Å². The lowest BCUT2D eigenvalue weighted by Gasteiger charge is -2.40. The van der Waals surface area contributed by atoms with E-state index in [1.165, 1.54) is 113 Å². The summed E-state index contributed by atoms with van der Waals surface area (Å²) < 4.78 is 29.1. The van der Waals surface area contributed by atoms with Gasteiger partial charge in [0.2, 0.25) is 0 Å². The number of benzene rings is 7. The fourth-order valence-corrected chi connectivity index (χ4v) is 15.9. The van der Waals surface area contributed by atoms with Crippen LogP contribution in [0.4, 0.5) is 11.4 Å². The van der Waals surface area contributed by atoms with E-state index in [4.69, 9.17) is 14.2 Å². The van der Waals surface area contributed by atoms with Gasteiger partial charge >= 0.3 is 0 Å². The number of ether oxygens (including phenoxy) is 3. The monoisotopic (exact) mass is 993 g/mol. The second kappa shape index (κ2) is 15.9. The van der Waals surface area contributed by atoms with E-state index in [-0.39, 0.29) is 31.0 Å². The Bertz CT molecular complexity index is 3850. The molecule has 9 aromatic rings. The Morgan fingerprint density at radius 3 is 1.72 bits per heavy atom. The van der Waals surface area contributed by atoms with Gasteiger partial charge in [0.1, 0.15) is 34.5 Å². The first kappa shape index (κ1) is 46.0. The van der Waals surface area contributed by atoms with Crippen molar-refractivity contribution in [3.8, 4) is 34.5 Å². The van der Waals surface area contributed by atoms with Crippen LogP contribution >= 0.6 is 34.6 Å². The number of anilines is 2. The Balaban J connectivity index is 1.06. The normalized spacial score (nSPS) is 14.0. The second-order valence-corrected chi connectivity index (χ2v) is 26.2. The van der Waals surface area contributed by atoms with Crippen LogP contribution in [0.15, 0.2) is 97.1 Å². The van der Waals surface area contributed by atoms with Gasteiger partial charge in [-0.05, 0) is 186 Å². The molecule has 10 heteroatoms. The van der Waals surface area contributed by atoms with Gasteiger partial charge in [0.05, 0.1) is 11.4 Å². The molecular weight excluding hydrogens is 935 g/mol. The van der Waals surface area contributed by atoms with Crippen molar-refractivity contribution in [3.63, 3.8) is 0 Å². The van der Waals surface area contributed by atoms with Crippen LogP contribution in [-0.2, 0) is 10.8 Å². The molecule has 0 aliphatic carbocycles. The predicted molar refractivity (Wildman–Crippen MR) is 316 cm³/mol. The summed E-state index contributed by atoms with van der Waals surface area (Å²) in [6.07, 6.45) is 2.18. The number of hydrogen-bond donors (Lipinski definition) is 0. The molecule has 0 unspecified atom stereocenters. The van der Waals surface area contributed by atoms with Crippen LogP contribution in [0.25, 0.3) is 20.2 Å². The zero-order valence-electron chi connectivity index (χ0n) is 43.9. The Morgan fingerprint density at radius 1 is 0.514 bits per heavy atom. The second-order valence-electron chi connectivity index (χ2n) is 23.3. The molecule has 72 heavy (non-hydrogen) atoms. The topological polar surface area (TPSA) is 30.9 Å². The summed E-state index contributed by atoms with van der Waals surface area (Å²) >= 11 is 5.58. The molecule has 0 saturated heterocycles. The molecule has 0 atom stereocenters. The van der Waals surface area contributed by atoms with E-state index >= 15 is 0 Å². The molecule has 0 amide bonds. The molecule has 0 fully saturated rings. The molecule has 356 valence electrons. The van der Waals surface area contributed by atoms with Gasteiger partial charge in [-0.3, -0.25) is 4.31 Å². The molecule has 0 bridgehead atoms. The SMILES string of the molecule is CSN1c2cc3c(cc2B2c4sc5ccc(C(C)(C)C)cc5c4Oc4cc(C)cc1c42)B1c2cc(B(c4sc5ccc(C(C)(C)C)cc5c4C)c4c(C)cc(C)cc4C)c(C)cc2Oc2cc(C)cc(c21)O3. The Hall–Kier alpha value is -5.80. The van der Waals surface area contributed by atoms with Crippen molar-refractivity contribution in [1.29, 1.82) is 0 Å². The summed E-state index contributed by atoms with van der Waals surface area (Å²) in [5.74, 6) is 5.48. The van der Waals surface area contributed by atoms with Crippen LogP contribution in [-0.4, -0.2) is 26.4 Å². The molecule has 7 aromatic carbocycles. The molecule has 4 aliphatic heterocycles. The number of aryl methyl sites for hydroxylation is 7. The standard InChI is InChI=1S/C62H58B3NO3S3/c1-31-19-35(5)55(36(6)20-31)64(59-37(7)40-26-38(61(8,9)10)15-17-53(40)71-59)42-28-44-48(25-34(42)4)67-51-23-33(3)24-52-57(51)63(44)45-29-43-46(30-49(45)68-52)66(70-14)47-21-32(2)22-50-56(47)65(43)60-58(69-50)41-27-39(62(11,12)13)16-18-54(41)72-60/h15-30H,1-14H3. The number of thiophene rings is 2. The van der Waals surface area contributed by atoms with E-state index in [9.17, 15) is 0 Å². The van der Waals surface area contributed by atoms with Crippen molar-refractivity contribution < 1.29 is 14.2 Å². The van der Waals surface area contributed by atoms with E-state index in [1.54, 1.807) is 11.9 Å². The zero-order chi connectivity index (χ0) is 50.2. The smallest absolute Gasteiger partial charge is 0.268 e. The number of fused-ring (bicyclic) bond motifs is 11. The van der Waals surface area contributed by atoms with Gasteiger partial charge in [-0.25, -0.2) is 0 Å². The molecule has 4 nitrogen and oxygen atoms in total. The minimum absolute atomic E-state index is 0.00542. The molecule has 13 rings (SSSR count). The fraction of sp³-hybridized carbons (Fsp3) is 0.258. The van der Waals surface area contributed by atoms with Crippen LogP contribution in [0, 0.1) is 48.5 Å². The van der Waals surface area contributed by atoms with E-state index < -0.39 is 0 Å². The fourth-order valence-electron chi connectivity index (χ4n) is 12.6. The molecule has 0 radical (unpaired) electrons.